The molecule has 4 rings (SSSR count). The van der Waals surface area contributed by atoms with E-state index in [0.717, 1.165) is 42.5 Å². The fraction of sp³-hybridized carbons (Fsp3) is 0.375. The summed E-state index contributed by atoms with van der Waals surface area (Å²) in [6.07, 6.45) is 3.63. The number of nitrogens with zero attached hydrogens (tertiary/aromatic N) is 1. The van der Waals surface area contributed by atoms with Gasteiger partial charge in [0, 0.05) is 18.2 Å². The Hall–Kier alpha value is -2.95. The molecule has 0 saturated heterocycles. The van der Waals surface area contributed by atoms with Gasteiger partial charge in [-0.3, -0.25) is 19.3 Å². The lowest BCUT2D eigenvalue weighted by Crippen LogP contribution is -2.41. The minimum atomic E-state index is -0.246. The Bertz CT molecular complexity index is 927. The summed E-state index contributed by atoms with van der Waals surface area (Å²) in [7, 11) is 0. The highest BCUT2D eigenvalue weighted by molar-refractivity contribution is 6.21. The van der Waals surface area contributed by atoms with E-state index in [0.29, 0.717) is 17.7 Å². The number of nitrogens with one attached hydrogen (secondary N) is 1. The van der Waals surface area contributed by atoms with Gasteiger partial charge >= 0.3 is 0 Å². The number of anilines is 1. The van der Waals surface area contributed by atoms with Crippen LogP contribution in [0.25, 0.3) is 0 Å². The Morgan fingerprint density at radius 2 is 1.55 bits per heavy atom. The van der Waals surface area contributed by atoms with Crippen LogP contribution in [0.3, 0.4) is 0 Å². The average Bonchev–Trinajstić information content (AvgIpc) is 2.93. The molecule has 0 radical (unpaired) electrons. The van der Waals surface area contributed by atoms with Gasteiger partial charge in [0.2, 0.25) is 5.91 Å². The highest BCUT2D eigenvalue weighted by Crippen LogP contribution is 2.34. The molecule has 5 heteroatoms. The van der Waals surface area contributed by atoms with Gasteiger partial charge in [-0.05, 0) is 68.0 Å². The maximum Gasteiger partial charge on any atom is 0.261 e. The third-order valence-electron chi connectivity index (χ3n) is 6.03. The van der Waals surface area contributed by atoms with Crippen LogP contribution >= 0.6 is 0 Å². The van der Waals surface area contributed by atoms with E-state index in [1.54, 1.807) is 24.3 Å². The van der Waals surface area contributed by atoms with Crippen molar-refractivity contribution in [2.45, 2.75) is 39.5 Å². The van der Waals surface area contributed by atoms with Crippen LogP contribution in [-0.2, 0) is 4.79 Å². The van der Waals surface area contributed by atoms with Gasteiger partial charge < -0.3 is 5.32 Å². The fourth-order valence-electron chi connectivity index (χ4n) is 4.69. The summed E-state index contributed by atoms with van der Waals surface area (Å²) < 4.78 is 0. The zero-order valence-corrected chi connectivity index (χ0v) is 16.9. The first-order valence-corrected chi connectivity index (χ1v) is 10.3. The van der Waals surface area contributed by atoms with Crippen molar-refractivity contribution in [1.82, 2.24) is 4.90 Å². The van der Waals surface area contributed by atoms with E-state index in [1.165, 1.54) is 4.90 Å². The zero-order valence-electron chi connectivity index (χ0n) is 16.9. The third kappa shape index (κ3) is 3.82. The predicted molar refractivity (Wildman–Crippen MR) is 112 cm³/mol. The molecule has 0 spiro atoms. The van der Waals surface area contributed by atoms with Gasteiger partial charge in [0.25, 0.3) is 11.8 Å². The average molecular weight is 390 g/mol. The molecule has 1 heterocycles. The van der Waals surface area contributed by atoms with Crippen LogP contribution in [0.5, 0.6) is 0 Å². The van der Waals surface area contributed by atoms with Crippen molar-refractivity contribution in [1.29, 1.82) is 0 Å². The monoisotopic (exact) mass is 390 g/mol. The first-order valence-electron chi connectivity index (χ1n) is 10.3. The number of imide groups is 1. The quantitative estimate of drug-likeness (QED) is 0.790. The number of aryl methyl sites for hydroxylation is 2. The van der Waals surface area contributed by atoms with E-state index in [1.807, 2.05) is 26.0 Å². The number of carbonyl (C=O) groups excluding carboxylic acids is 3. The molecule has 1 aliphatic carbocycles. The SMILES string of the molecule is Cc1cc(C)cc(NC(=O)C2CCCCC2CN2C(=O)c3ccccc3C2=O)c1. The van der Waals surface area contributed by atoms with Crippen LogP contribution < -0.4 is 5.32 Å². The molecule has 0 bridgehead atoms. The zero-order chi connectivity index (χ0) is 20.5. The van der Waals surface area contributed by atoms with Crippen LogP contribution in [0, 0.1) is 25.7 Å². The lowest BCUT2D eigenvalue weighted by Gasteiger charge is -2.32. The normalized spacial score (nSPS) is 21.2. The molecular formula is C24H26N2O3. The molecule has 3 amide bonds. The Morgan fingerprint density at radius 1 is 0.966 bits per heavy atom. The molecule has 0 aromatic heterocycles. The molecule has 2 aliphatic rings. The van der Waals surface area contributed by atoms with Gasteiger partial charge in [0.05, 0.1) is 11.1 Å². The van der Waals surface area contributed by atoms with Gasteiger partial charge in [-0.2, -0.15) is 0 Å². The number of carbonyl (C=O) groups is 3. The number of benzene rings is 2. The Morgan fingerprint density at radius 3 is 2.17 bits per heavy atom. The number of hydrogen-bond acceptors (Lipinski definition) is 3. The fourth-order valence-corrected chi connectivity index (χ4v) is 4.69. The highest BCUT2D eigenvalue weighted by Gasteiger charge is 2.40. The van der Waals surface area contributed by atoms with Gasteiger partial charge in [-0.25, -0.2) is 0 Å². The number of amides is 3. The summed E-state index contributed by atoms with van der Waals surface area (Å²) in [5.41, 5.74) is 3.93. The number of fused-ring (bicyclic) bond motifs is 1. The predicted octanol–water partition coefficient (Wildman–Crippen LogP) is 4.34. The summed E-state index contributed by atoms with van der Waals surface area (Å²) in [5.74, 6) is -0.726. The molecule has 2 aromatic rings. The van der Waals surface area contributed by atoms with E-state index < -0.39 is 0 Å². The van der Waals surface area contributed by atoms with Gasteiger partial charge in [-0.1, -0.05) is 31.0 Å². The van der Waals surface area contributed by atoms with Gasteiger partial charge in [0.15, 0.2) is 0 Å². The van der Waals surface area contributed by atoms with Crippen molar-refractivity contribution in [2.24, 2.45) is 11.8 Å². The summed E-state index contributed by atoms with van der Waals surface area (Å²) in [6, 6.07) is 12.9. The summed E-state index contributed by atoms with van der Waals surface area (Å²) >= 11 is 0. The van der Waals surface area contributed by atoms with Crippen molar-refractivity contribution in [2.75, 3.05) is 11.9 Å². The molecule has 1 aliphatic heterocycles. The van der Waals surface area contributed by atoms with Crippen LogP contribution in [0.15, 0.2) is 42.5 Å². The Labute approximate surface area is 171 Å². The van der Waals surface area contributed by atoms with Gasteiger partial charge in [-0.15, -0.1) is 0 Å². The van der Waals surface area contributed by atoms with E-state index >= 15 is 0 Å². The van der Waals surface area contributed by atoms with E-state index in [4.69, 9.17) is 0 Å². The minimum absolute atomic E-state index is 0.0168. The second-order valence-corrected chi connectivity index (χ2v) is 8.28. The molecule has 1 saturated carbocycles. The van der Waals surface area contributed by atoms with Crippen LogP contribution in [0.4, 0.5) is 5.69 Å². The van der Waals surface area contributed by atoms with Crippen LogP contribution in [-0.4, -0.2) is 29.2 Å². The molecule has 1 fully saturated rings. The lowest BCUT2D eigenvalue weighted by molar-refractivity contribution is -0.122. The summed E-state index contributed by atoms with van der Waals surface area (Å²) in [6.45, 7) is 4.32. The molecular weight excluding hydrogens is 364 g/mol. The standard InChI is InChI=1S/C24H26N2O3/c1-15-11-16(2)13-18(12-15)25-22(27)19-8-4-3-7-17(19)14-26-23(28)20-9-5-6-10-21(20)24(26)29/h5-6,9-13,17,19H,3-4,7-8,14H2,1-2H3,(H,25,27). The molecule has 150 valence electrons. The Balaban J connectivity index is 1.50. The van der Waals surface area contributed by atoms with Crippen molar-refractivity contribution >= 4 is 23.4 Å². The molecule has 1 N–H and O–H groups in total. The number of hydrogen-bond donors (Lipinski definition) is 1. The van der Waals surface area contributed by atoms with Crippen molar-refractivity contribution in [3.05, 3.63) is 64.7 Å². The second kappa shape index (κ2) is 7.82. The first-order chi connectivity index (χ1) is 13.9. The van der Waals surface area contributed by atoms with Crippen molar-refractivity contribution in [3.8, 4) is 0 Å². The first kappa shape index (κ1) is 19.4. The van der Waals surface area contributed by atoms with Gasteiger partial charge in [0.1, 0.15) is 0 Å². The molecule has 2 atom stereocenters. The summed E-state index contributed by atoms with van der Waals surface area (Å²) in [5, 5.41) is 3.06. The third-order valence-corrected chi connectivity index (χ3v) is 6.03. The lowest BCUT2D eigenvalue weighted by atomic mass is 9.78. The molecule has 5 nitrogen and oxygen atoms in total. The maximum absolute atomic E-state index is 13.1. The summed E-state index contributed by atoms with van der Waals surface area (Å²) in [4.78, 5) is 39.8. The molecule has 2 aromatic carbocycles. The number of rotatable bonds is 4. The van der Waals surface area contributed by atoms with E-state index in [-0.39, 0.29) is 29.6 Å². The van der Waals surface area contributed by atoms with Crippen molar-refractivity contribution in [3.63, 3.8) is 0 Å². The topological polar surface area (TPSA) is 66.5 Å². The van der Waals surface area contributed by atoms with E-state index in [9.17, 15) is 14.4 Å². The maximum atomic E-state index is 13.1. The highest BCUT2D eigenvalue weighted by atomic mass is 16.2. The second-order valence-electron chi connectivity index (χ2n) is 8.28. The largest absolute Gasteiger partial charge is 0.326 e. The smallest absolute Gasteiger partial charge is 0.261 e. The van der Waals surface area contributed by atoms with Crippen molar-refractivity contribution < 1.29 is 14.4 Å². The minimum Gasteiger partial charge on any atom is -0.326 e. The van der Waals surface area contributed by atoms with E-state index in [2.05, 4.69) is 11.4 Å². The molecule has 2 unspecified atom stereocenters. The Kier molecular flexibility index (Phi) is 5.22. The molecule has 29 heavy (non-hydrogen) atoms. The van der Waals surface area contributed by atoms with Crippen LogP contribution in [0.2, 0.25) is 0 Å². The van der Waals surface area contributed by atoms with Crippen LogP contribution in [0.1, 0.15) is 57.5 Å².